The van der Waals surface area contributed by atoms with Gasteiger partial charge in [0.2, 0.25) is 0 Å². The minimum Gasteiger partial charge on any atom is -0.494 e. The zero-order chi connectivity index (χ0) is 26.7. The fourth-order valence-corrected chi connectivity index (χ4v) is 4.35. The maximum absolute atomic E-state index is 15.3. The molecule has 0 aliphatic carbocycles. The first-order valence-electron chi connectivity index (χ1n) is 11.5. The topological polar surface area (TPSA) is 53.2 Å². The van der Waals surface area contributed by atoms with E-state index in [-0.39, 0.29) is 34.7 Å². The highest BCUT2D eigenvalue weighted by Crippen LogP contribution is 2.33. The predicted molar refractivity (Wildman–Crippen MR) is 132 cm³/mol. The molecule has 9 heteroatoms. The molecule has 1 heterocycles. The maximum Gasteiger partial charge on any atom is 0.416 e. The molecule has 192 valence electrons. The summed E-state index contributed by atoms with van der Waals surface area (Å²) in [6, 6.07) is 18.3. The predicted octanol–water partition coefficient (Wildman–Crippen LogP) is 5.44. The molecule has 4 aromatic rings. The smallest absolute Gasteiger partial charge is 0.416 e. The van der Waals surface area contributed by atoms with Crippen molar-refractivity contribution in [3.63, 3.8) is 0 Å². The summed E-state index contributed by atoms with van der Waals surface area (Å²) < 4.78 is 63.4. The fourth-order valence-electron chi connectivity index (χ4n) is 4.35. The molecule has 4 rings (SSSR count). The number of aryl methyl sites for hydroxylation is 1. The van der Waals surface area contributed by atoms with E-state index in [2.05, 4.69) is 0 Å². The summed E-state index contributed by atoms with van der Waals surface area (Å²) >= 11 is 0. The number of benzene rings is 3. The third kappa shape index (κ3) is 5.21. The van der Waals surface area contributed by atoms with Crippen LogP contribution in [0.4, 0.5) is 17.6 Å². The lowest BCUT2D eigenvalue weighted by atomic mass is 10.0. The molecule has 0 aliphatic heterocycles. The molecular weight excluding hydrogens is 488 g/mol. The van der Waals surface area contributed by atoms with Gasteiger partial charge in [-0.1, -0.05) is 60.7 Å². The largest absolute Gasteiger partial charge is 0.494 e. The van der Waals surface area contributed by atoms with Crippen LogP contribution in [0.5, 0.6) is 5.75 Å². The highest BCUT2D eigenvalue weighted by molar-refractivity contribution is 5.67. The molecule has 0 amide bonds. The highest BCUT2D eigenvalue weighted by atomic mass is 19.4. The lowest BCUT2D eigenvalue weighted by Crippen LogP contribution is -2.43. The van der Waals surface area contributed by atoms with Gasteiger partial charge in [0.15, 0.2) is 11.6 Å². The Morgan fingerprint density at radius 1 is 0.865 bits per heavy atom. The van der Waals surface area contributed by atoms with Gasteiger partial charge in [-0.15, -0.1) is 0 Å². The van der Waals surface area contributed by atoms with Crippen molar-refractivity contribution in [1.29, 1.82) is 0 Å². The van der Waals surface area contributed by atoms with Crippen molar-refractivity contribution in [1.82, 2.24) is 9.13 Å². The second-order valence-corrected chi connectivity index (χ2v) is 8.50. The minimum absolute atomic E-state index is 0.0402. The molecule has 3 aromatic carbocycles. The fraction of sp³-hybridized carbons (Fsp3) is 0.214. The standard InChI is InChI=1S/C28H24F4N2O3/c1-18-24(21-12-8-14-23(37-2)25(21)29)26(35)33(16-15-19-9-4-3-5-10-19)27(36)34(18)17-20-11-6-7-13-22(20)28(30,31)32/h3-14H,15-17H2,1-2H3. The molecule has 0 atom stereocenters. The third-order valence-electron chi connectivity index (χ3n) is 6.26. The van der Waals surface area contributed by atoms with Gasteiger partial charge >= 0.3 is 11.9 Å². The van der Waals surface area contributed by atoms with E-state index < -0.39 is 35.4 Å². The minimum atomic E-state index is -4.64. The zero-order valence-electron chi connectivity index (χ0n) is 20.2. The molecule has 0 radical (unpaired) electrons. The molecule has 1 aromatic heterocycles. The normalized spacial score (nSPS) is 11.5. The van der Waals surface area contributed by atoms with Crippen LogP contribution in [0.2, 0.25) is 0 Å². The first-order chi connectivity index (χ1) is 17.6. The Labute approximate surface area is 210 Å². The third-order valence-corrected chi connectivity index (χ3v) is 6.26. The van der Waals surface area contributed by atoms with Gasteiger partial charge < -0.3 is 4.74 Å². The number of halogens is 4. The number of rotatable bonds is 7. The molecule has 0 N–H and O–H groups in total. The van der Waals surface area contributed by atoms with Crippen molar-refractivity contribution >= 4 is 0 Å². The van der Waals surface area contributed by atoms with Gasteiger partial charge in [0.25, 0.3) is 5.56 Å². The van der Waals surface area contributed by atoms with Crippen molar-refractivity contribution < 1.29 is 22.3 Å². The van der Waals surface area contributed by atoms with Gasteiger partial charge in [-0.25, -0.2) is 9.18 Å². The van der Waals surface area contributed by atoms with Gasteiger partial charge in [-0.3, -0.25) is 13.9 Å². The van der Waals surface area contributed by atoms with Crippen LogP contribution in [0.15, 0.2) is 82.4 Å². The van der Waals surface area contributed by atoms with Crippen molar-refractivity contribution in [3.05, 3.63) is 122 Å². The van der Waals surface area contributed by atoms with E-state index >= 15 is 4.39 Å². The van der Waals surface area contributed by atoms with E-state index in [9.17, 15) is 22.8 Å². The van der Waals surface area contributed by atoms with E-state index in [1.165, 1.54) is 50.4 Å². The number of methoxy groups -OCH3 is 1. The van der Waals surface area contributed by atoms with E-state index in [4.69, 9.17) is 4.74 Å². The summed E-state index contributed by atoms with van der Waals surface area (Å²) in [6.45, 7) is 0.931. The molecule has 0 bridgehead atoms. The van der Waals surface area contributed by atoms with E-state index in [1.54, 1.807) is 0 Å². The molecule has 0 spiro atoms. The Morgan fingerprint density at radius 3 is 2.22 bits per heavy atom. The van der Waals surface area contributed by atoms with Gasteiger partial charge in [0, 0.05) is 17.8 Å². The van der Waals surface area contributed by atoms with Gasteiger partial charge in [-0.05, 0) is 36.6 Å². The Balaban J connectivity index is 1.94. The molecule has 0 unspecified atom stereocenters. The summed E-state index contributed by atoms with van der Waals surface area (Å²) in [5, 5.41) is 0. The van der Waals surface area contributed by atoms with E-state index in [0.717, 1.165) is 20.8 Å². The van der Waals surface area contributed by atoms with E-state index in [0.29, 0.717) is 6.42 Å². The second-order valence-electron chi connectivity index (χ2n) is 8.50. The number of hydrogen-bond donors (Lipinski definition) is 0. The number of ether oxygens (including phenoxy) is 1. The summed E-state index contributed by atoms with van der Waals surface area (Å²) in [4.78, 5) is 27.1. The monoisotopic (exact) mass is 512 g/mol. The van der Waals surface area contributed by atoms with Crippen LogP contribution in [0, 0.1) is 12.7 Å². The molecule has 5 nitrogen and oxygen atoms in total. The first-order valence-corrected chi connectivity index (χ1v) is 11.5. The van der Waals surface area contributed by atoms with E-state index in [1.807, 2.05) is 30.3 Å². The molecular formula is C28H24F4N2O3. The highest BCUT2D eigenvalue weighted by Gasteiger charge is 2.33. The summed E-state index contributed by atoms with van der Waals surface area (Å²) in [7, 11) is 1.28. The van der Waals surface area contributed by atoms with Crippen LogP contribution in [0.25, 0.3) is 11.1 Å². The number of alkyl halides is 3. The van der Waals surface area contributed by atoms with Crippen LogP contribution in [0.1, 0.15) is 22.4 Å². The Morgan fingerprint density at radius 2 is 1.54 bits per heavy atom. The summed E-state index contributed by atoms with van der Waals surface area (Å²) in [6.07, 6.45) is -4.32. The van der Waals surface area contributed by atoms with Crippen molar-refractivity contribution in [2.24, 2.45) is 0 Å². The van der Waals surface area contributed by atoms with Gasteiger partial charge in [-0.2, -0.15) is 13.2 Å². The molecule has 0 saturated heterocycles. The zero-order valence-corrected chi connectivity index (χ0v) is 20.2. The quantitative estimate of drug-likeness (QED) is 0.310. The van der Waals surface area contributed by atoms with Crippen LogP contribution in [-0.4, -0.2) is 16.2 Å². The van der Waals surface area contributed by atoms with Crippen LogP contribution >= 0.6 is 0 Å². The SMILES string of the molecule is COc1cccc(-c2c(C)n(Cc3ccccc3C(F)(F)F)c(=O)n(CCc3ccccc3)c2=O)c1F. The van der Waals surface area contributed by atoms with Gasteiger partial charge in [0.05, 0.1) is 24.8 Å². The average Bonchev–Trinajstić information content (AvgIpc) is 2.88. The Bertz CT molecular complexity index is 1540. The maximum atomic E-state index is 15.3. The Kier molecular flexibility index (Phi) is 7.33. The second kappa shape index (κ2) is 10.5. The molecule has 0 saturated carbocycles. The van der Waals surface area contributed by atoms with Crippen LogP contribution < -0.4 is 16.0 Å². The average molecular weight is 513 g/mol. The van der Waals surface area contributed by atoms with Crippen LogP contribution in [-0.2, 0) is 25.7 Å². The number of aromatic nitrogens is 2. The first kappa shape index (κ1) is 25.9. The lowest BCUT2D eigenvalue weighted by molar-refractivity contribution is -0.138. The number of nitrogens with zero attached hydrogens (tertiary/aromatic N) is 2. The molecule has 0 fully saturated rings. The van der Waals surface area contributed by atoms with Crippen molar-refractivity contribution in [2.75, 3.05) is 7.11 Å². The van der Waals surface area contributed by atoms with Crippen molar-refractivity contribution in [2.45, 2.75) is 32.6 Å². The van der Waals surface area contributed by atoms with Crippen molar-refractivity contribution in [3.8, 4) is 16.9 Å². The summed E-state index contributed by atoms with van der Waals surface area (Å²) in [5.74, 6) is -0.909. The summed E-state index contributed by atoms with van der Waals surface area (Å²) in [5.41, 5.74) is -1.86. The van der Waals surface area contributed by atoms with Gasteiger partial charge in [0.1, 0.15) is 0 Å². The number of hydrogen-bond acceptors (Lipinski definition) is 3. The molecule has 0 aliphatic rings. The molecule has 37 heavy (non-hydrogen) atoms. The van der Waals surface area contributed by atoms with Crippen LogP contribution in [0.3, 0.4) is 0 Å². The Hall–Kier alpha value is -4.14. The lowest BCUT2D eigenvalue weighted by Gasteiger charge is -2.20.